The highest BCUT2D eigenvalue weighted by Gasteiger charge is 2.38. The Morgan fingerprint density at radius 1 is 1.06 bits per heavy atom. The highest BCUT2D eigenvalue weighted by Crippen LogP contribution is 2.46. The van der Waals surface area contributed by atoms with Crippen LogP contribution in [0.2, 0.25) is 0 Å². The summed E-state index contributed by atoms with van der Waals surface area (Å²) in [6.45, 7) is 7.03. The van der Waals surface area contributed by atoms with Crippen LogP contribution in [-0.4, -0.2) is 13.1 Å². The van der Waals surface area contributed by atoms with E-state index in [-0.39, 0.29) is 0 Å². The summed E-state index contributed by atoms with van der Waals surface area (Å²) >= 11 is 0. The van der Waals surface area contributed by atoms with Gasteiger partial charge in [-0.1, -0.05) is 39.5 Å². The lowest BCUT2D eigenvalue weighted by atomic mass is 9.61. The lowest BCUT2D eigenvalue weighted by Crippen LogP contribution is -2.40. The SMILES string of the molecule is CCNCC1CCC1C1CCCC(CC)C1. The average Bonchev–Trinajstić information content (AvgIpc) is 2.28. The van der Waals surface area contributed by atoms with Gasteiger partial charge in [-0.05, 0) is 56.0 Å². The van der Waals surface area contributed by atoms with Crippen LogP contribution in [0, 0.1) is 23.7 Å². The standard InChI is InChI=1S/C15H29N/c1-3-12-6-5-7-13(10-12)15-9-8-14(15)11-16-4-2/h12-16H,3-11H2,1-2H3. The van der Waals surface area contributed by atoms with E-state index in [1.807, 2.05) is 0 Å². The summed E-state index contributed by atoms with van der Waals surface area (Å²) < 4.78 is 0. The average molecular weight is 223 g/mol. The van der Waals surface area contributed by atoms with Gasteiger partial charge in [0.25, 0.3) is 0 Å². The molecule has 0 amide bonds. The quantitative estimate of drug-likeness (QED) is 0.747. The van der Waals surface area contributed by atoms with Gasteiger partial charge in [-0.25, -0.2) is 0 Å². The molecule has 4 unspecified atom stereocenters. The van der Waals surface area contributed by atoms with Crippen molar-refractivity contribution in [1.29, 1.82) is 0 Å². The van der Waals surface area contributed by atoms with Crippen LogP contribution in [0.15, 0.2) is 0 Å². The van der Waals surface area contributed by atoms with Gasteiger partial charge in [-0.2, -0.15) is 0 Å². The normalized spacial score (nSPS) is 39.4. The predicted molar refractivity (Wildman–Crippen MR) is 70.5 cm³/mol. The molecule has 0 spiro atoms. The van der Waals surface area contributed by atoms with Crippen LogP contribution >= 0.6 is 0 Å². The van der Waals surface area contributed by atoms with Crippen LogP contribution in [-0.2, 0) is 0 Å². The monoisotopic (exact) mass is 223 g/mol. The van der Waals surface area contributed by atoms with Crippen molar-refractivity contribution in [3.8, 4) is 0 Å². The Labute approximate surface area is 101 Å². The minimum atomic E-state index is 1.01. The molecule has 2 saturated carbocycles. The van der Waals surface area contributed by atoms with Crippen LogP contribution in [0.25, 0.3) is 0 Å². The van der Waals surface area contributed by atoms with E-state index >= 15 is 0 Å². The first-order valence-electron chi connectivity index (χ1n) is 7.55. The predicted octanol–water partition coefficient (Wildman–Crippen LogP) is 3.84. The third-order valence-corrected chi connectivity index (χ3v) is 5.14. The molecule has 94 valence electrons. The van der Waals surface area contributed by atoms with Gasteiger partial charge in [0.05, 0.1) is 0 Å². The molecule has 1 heteroatoms. The lowest BCUT2D eigenvalue weighted by molar-refractivity contribution is 0.0624. The van der Waals surface area contributed by atoms with Gasteiger partial charge in [0.2, 0.25) is 0 Å². The van der Waals surface area contributed by atoms with Crippen molar-refractivity contribution in [2.75, 3.05) is 13.1 Å². The van der Waals surface area contributed by atoms with Crippen molar-refractivity contribution in [3.05, 3.63) is 0 Å². The van der Waals surface area contributed by atoms with Crippen molar-refractivity contribution >= 4 is 0 Å². The molecule has 0 saturated heterocycles. The van der Waals surface area contributed by atoms with Gasteiger partial charge in [0.1, 0.15) is 0 Å². The molecule has 2 aliphatic rings. The van der Waals surface area contributed by atoms with Gasteiger partial charge in [-0.15, -0.1) is 0 Å². The van der Waals surface area contributed by atoms with Crippen LogP contribution in [0.1, 0.15) is 58.8 Å². The molecule has 0 aromatic rings. The van der Waals surface area contributed by atoms with Gasteiger partial charge in [0.15, 0.2) is 0 Å². The molecule has 2 aliphatic carbocycles. The number of nitrogens with one attached hydrogen (secondary N) is 1. The van der Waals surface area contributed by atoms with Crippen LogP contribution in [0.4, 0.5) is 0 Å². The van der Waals surface area contributed by atoms with Crippen LogP contribution < -0.4 is 5.32 Å². The second kappa shape index (κ2) is 6.05. The smallest absolute Gasteiger partial charge is 0.00179 e. The maximum atomic E-state index is 3.54. The van der Waals surface area contributed by atoms with E-state index in [0.29, 0.717) is 0 Å². The van der Waals surface area contributed by atoms with Gasteiger partial charge < -0.3 is 5.32 Å². The molecule has 4 atom stereocenters. The van der Waals surface area contributed by atoms with Crippen LogP contribution in [0.3, 0.4) is 0 Å². The molecule has 2 fully saturated rings. The zero-order valence-electron chi connectivity index (χ0n) is 11.2. The molecule has 1 N–H and O–H groups in total. The Balaban J connectivity index is 1.78. The first-order valence-corrected chi connectivity index (χ1v) is 7.55. The van der Waals surface area contributed by atoms with E-state index in [1.54, 1.807) is 6.42 Å². The summed E-state index contributed by atoms with van der Waals surface area (Å²) in [6, 6.07) is 0. The fraction of sp³-hybridized carbons (Fsp3) is 1.00. The number of rotatable bonds is 5. The van der Waals surface area contributed by atoms with Crippen molar-refractivity contribution in [1.82, 2.24) is 5.32 Å². The number of hydrogen-bond acceptors (Lipinski definition) is 1. The van der Waals surface area contributed by atoms with E-state index in [4.69, 9.17) is 0 Å². The van der Waals surface area contributed by atoms with Crippen molar-refractivity contribution in [2.45, 2.75) is 58.8 Å². The molecule has 2 rings (SSSR count). The minimum Gasteiger partial charge on any atom is -0.317 e. The van der Waals surface area contributed by atoms with Gasteiger partial charge >= 0.3 is 0 Å². The molecule has 0 bridgehead atoms. The van der Waals surface area contributed by atoms with E-state index in [2.05, 4.69) is 19.2 Å². The number of hydrogen-bond donors (Lipinski definition) is 1. The first kappa shape index (κ1) is 12.4. The topological polar surface area (TPSA) is 12.0 Å². The molecule has 0 aliphatic heterocycles. The lowest BCUT2D eigenvalue weighted by Gasteiger charge is -2.45. The fourth-order valence-electron chi connectivity index (χ4n) is 3.89. The molecular formula is C15H29N. The highest BCUT2D eigenvalue weighted by molar-refractivity contribution is 4.89. The van der Waals surface area contributed by atoms with E-state index in [1.165, 1.54) is 45.1 Å². The van der Waals surface area contributed by atoms with Crippen molar-refractivity contribution < 1.29 is 0 Å². The van der Waals surface area contributed by atoms with Crippen molar-refractivity contribution in [3.63, 3.8) is 0 Å². The summed E-state index contributed by atoms with van der Waals surface area (Å²) in [5.41, 5.74) is 0. The Morgan fingerprint density at radius 2 is 1.94 bits per heavy atom. The highest BCUT2D eigenvalue weighted by atomic mass is 14.9. The second-order valence-electron chi connectivity index (χ2n) is 6.01. The fourth-order valence-corrected chi connectivity index (χ4v) is 3.89. The summed E-state index contributed by atoms with van der Waals surface area (Å²) in [5, 5.41) is 3.54. The molecule has 0 heterocycles. The third-order valence-electron chi connectivity index (χ3n) is 5.14. The Hall–Kier alpha value is -0.0400. The summed E-state index contributed by atoms with van der Waals surface area (Å²) in [5.74, 6) is 4.23. The minimum absolute atomic E-state index is 1.01. The molecule has 0 radical (unpaired) electrons. The van der Waals surface area contributed by atoms with Gasteiger partial charge in [-0.3, -0.25) is 0 Å². The summed E-state index contributed by atoms with van der Waals surface area (Å²) in [6.07, 6.45) is 10.5. The maximum absolute atomic E-state index is 3.54. The van der Waals surface area contributed by atoms with Crippen LogP contribution in [0.5, 0.6) is 0 Å². The zero-order chi connectivity index (χ0) is 11.4. The second-order valence-corrected chi connectivity index (χ2v) is 6.01. The largest absolute Gasteiger partial charge is 0.317 e. The molecular weight excluding hydrogens is 194 g/mol. The Kier molecular flexibility index (Phi) is 4.69. The maximum Gasteiger partial charge on any atom is -0.00179 e. The Morgan fingerprint density at radius 3 is 2.56 bits per heavy atom. The first-order chi connectivity index (χ1) is 7.85. The molecule has 1 nitrogen and oxygen atoms in total. The van der Waals surface area contributed by atoms with E-state index in [9.17, 15) is 0 Å². The van der Waals surface area contributed by atoms with Crippen molar-refractivity contribution in [2.24, 2.45) is 23.7 Å². The van der Waals surface area contributed by atoms with E-state index < -0.39 is 0 Å². The summed E-state index contributed by atoms with van der Waals surface area (Å²) in [4.78, 5) is 0. The molecule has 0 aromatic carbocycles. The van der Waals surface area contributed by atoms with Gasteiger partial charge in [0, 0.05) is 0 Å². The molecule has 16 heavy (non-hydrogen) atoms. The zero-order valence-corrected chi connectivity index (χ0v) is 11.2. The summed E-state index contributed by atoms with van der Waals surface area (Å²) in [7, 11) is 0. The van der Waals surface area contributed by atoms with E-state index in [0.717, 1.165) is 30.2 Å². The Bertz CT molecular complexity index is 202. The molecule has 0 aromatic heterocycles. The third kappa shape index (κ3) is 2.80.